The molecule has 0 spiro atoms. The number of aromatic nitrogens is 2. The molecule has 0 atom stereocenters. The number of rotatable bonds is 5. The van der Waals surface area contributed by atoms with Crippen LogP contribution in [-0.4, -0.2) is 21.8 Å². The van der Waals surface area contributed by atoms with Crippen LogP contribution in [0.15, 0.2) is 46.9 Å². The van der Waals surface area contributed by atoms with E-state index < -0.39 is 11.5 Å². The SMILES string of the molecule is CCNC(=O)C(C#N)=Cc1c(Oc2cccc(C)c2C)nc2c(C)cccn2c1=O. The van der Waals surface area contributed by atoms with E-state index in [-0.39, 0.29) is 17.0 Å². The molecule has 0 saturated carbocycles. The molecule has 30 heavy (non-hydrogen) atoms. The van der Waals surface area contributed by atoms with Crippen molar-refractivity contribution >= 4 is 17.6 Å². The summed E-state index contributed by atoms with van der Waals surface area (Å²) in [5, 5.41) is 12.0. The molecule has 0 aliphatic carbocycles. The van der Waals surface area contributed by atoms with Gasteiger partial charge >= 0.3 is 0 Å². The van der Waals surface area contributed by atoms with Crippen molar-refractivity contribution < 1.29 is 9.53 Å². The van der Waals surface area contributed by atoms with Crippen LogP contribution < -0.4 is 15.6 Å². The van der Waals surface area contributed by atoms with Gasteiger partial charge in [0, 0.05) is 12.7 Å². The lowest BCUT2D eigenvalue weighted by Crippen LogP contribution is -2.25. The van der Waals surface area contributed by atoms with Crippen molar-refractivity contribution in [3.05, 3.63) is 74.7 Å². The van der Waals surface area contributed by atoms with Gasteiger partial charge < -0.3 is 10.1 Å². The molecule has 2 heterocycles. The Balaban J connectivity index is 2.29. The van der Waals surface area contributed by atoms with Crippen LogP contribution in [0.4, 0.5) is 0 Å². The lowest BCUT2D eigenvalue weighted by molar-refractivity contribution is -0.116. The number of nitrogens with zero attached hydrogens (tertiary/aromatic N) is 3. The van der Waals surface area contributed by atoms with Crippen molar-refractivity contribution in [3.63, 3.8) is 0 Å². The highest BCUT2D eigenvalue weighted by atomic mass is 16.5. The minimum absolute atomic E-state index is 0.0295. The zero-order chi connectivity index (χ0) is 21.8. The van der Waals surface area contributed by atoms with Crippen LogP contribution in [0.2, 0.25) is 0 Å². The van der Waals surface area contributed by atoms with Gasteiger partial charge in [0.15, 0.2) is 0 Å². The smallest absolute Gasteiger partial charge is 0.269 e. The Bertz CT molecular complexity index is 1270. The second-order valence-electron chi connectivity index (χ2n) is 6.85. The molecule has 152 valence electrons. The number of likely N-dealkylation sites (N-methyl/N-ethyl adjacent to an activating group) is 1. The molecule has 0 unspecified atom stereocenters. The normalized spacial score (nSPS) is 11.2. The number of aryl methyl sites for hydroxylation is 2. The first-order chi connectivity index (χ1) is 14.4. The lowest BCUT2D eigenvalue weighted by Gasteiger charge is -2.13. The summed E-state index contributed by atoms with van der Waals surface area (Å²) in [6.45, 7) is 7.82. The molecule has 0 aliphatic rings. The molecule has 0 fully saturated rings. The Labute approximate surface area is 174 Å². The number of nitrogens with one attached hydrogen (secondary N) is 1. The van der Waals surface area contributed by atoms with Gasteiger partial charge in [0.05, 0.1) is 0 Å². The van der Waals surface area contributed by atoms with E-state index in [0.29, 0.717) is 17.9 Å². The Morgan fingerprint density at radius 2 is 1.97 bits per heavy atom. The van der Waals surface area contributed by atoms with Crippen LogP contribution in [0.1, 0.15) is 29.2 Å². The van der Waals surface area contributed by atoms with Crippen LogP contribution in [-0.2, 0) is 4.79 Å². The van der Waals surface area contributed by atoms with E-state index in [1.54, 1.807) is 25.3 Å². The maximum absolute atomic E-state index is 13.2. The fourth-order valence-corrected chi connectivity index (χ4v) is 2.98. The summed E-state index contributed by atoms with van der Waals surface area (Å²) in [6, 6.07) is 11.0. The summed E-state index contributed by atoms with van der Waals surface area (Å²) in [5.74, 6) is 0.0254. The molecule has 3 rings (SSSR count). The number of carbonyl (C=O) groups excluding carboxylic acids is 1. The second kappa shape index (κ2) is 8.62. The largest absolute Gasteiger partial charge is 0.438 e. The first kappa shape index (κ1) is 20.8. The molecular weight excluding hydrogens is 380 g/mol. The highest BCUT2D eigenvalue weighted by Crippen LogP contribution is 2.28. The van der Waals surface area contributed by atoms with Crippen molar-refractivity contribution in [1.82, 2.24) is 14.7 Å². The van der Waals surface area contributed by atoms with E-state index in [2.05, 4.69) is 10.3 Å². The standard InChI is InChI=1S/C23H22N4O3/c1-5-25-21(28)17(13-24)12-18-22(30-19-10-6-8-14(2)16(19)4)26-20-15(3)9-7-11-27(20)23(18)29/h6-12H,5H2,1-4H3,(H,25,28). The number of benzene rings is 1. The van der Waals surface area contributed by atoms with Crippen molar-refractivity contribution in [2.24, 2.45) is 0 Å². The molecule has 7 nitrogen and oxygen atoms in total. The number of hydrogen-bond acceptors (Lipinski definition) is 5. The number of amides is 1. The van der Waals surface area contributed by atoms with Gasteiger partial charge in [-0.25, -0.2) is 0 Å². The number of hydrogen-bond donors (Lipinski definition) is 1. The van der Waals surface area contributed by atoms with Gasteiger partial charge in [-0.05, 0) is 62.6 Å². The van der Waals surface area contributed by atoms with Gasteiger partial charge in [-0.3, -0.25) is 14.0 Å². The maximum Gasteiger partial charge on any atom is 0.269 e. The van der Waals surface area contributed by atoms with Crippen LogP contribution in [0.25, 0.3) is 11.7 Å². The lowest BCUT2D eigenvalue weighted by atomic mass is 10.1. The molecule has 0 bridgehead atoms. The predicted molar refractivity (Wildman–Crippen MR) is 114 cm³/mol. The minimum Gasteiger partial charge on any atom is -0.438 e. The molecule has 1 aromatic carbocycles. The van der Waals surface area contributed by atoms with Gasteiger partial charge in [-0.1, -0.05) is 18.2 Å². The summed E-state index contributed by atoms with van der Waals surface area (Å²) in [6.07, 6.45) is 2.82. The fourth-order valence-electron chi connectivity index (χ4n) is 2.98. The fraction of sp³-hybridized carbons (Fsp3) is 0.217. The van der Waals surface area contributed by atoms with E-state index in [1.807, 2.05) is 45.0 Å². The average molecular weight is 402 g/mol. The highest BCUT2D eigenvalue weighted by molar-refractivity contribution is 6.01. The average Bonchev–Trinajstić information content (AvgIpc) is 2.72. The van der Waals surface area contributed by atoms with Crippen LogP contribution in [0, 0.1) is 32.1 Å². The van der Waals surface area contributed by atoms with Gasteiger partial charge in [0.1, 0.15) is 28.6 Å². The second-order valence-corrected chi connectivity index (χ2v) is 6.85. The van der Waals surface area contributed by atoms with Crippen molar-refractivity contribution in [2.45, 2.75) is 27.7 Å². The summed E-state index contributed by atoms with van der Waals surface area (Å²) in [5.41, 5.74) is 2.57. The zero-order valence-corrected chi connectivity index (χ0v) is 17.3. The van der Waals surface area contributed by atoms with E-state index in [0.717, 1.165) is 16.7 Å². The molecule has 7 heteroatoms. The number of carbonyl (C=O) groups is 1. The van der Waals surface area contributed by atoms with Gasteiger partial charge in [0.25, 0.3) is 11.5 Å². The Morgan fingerprint density at radius 1 is 1.23 bits per heavy atom. The Hall–Kier alpha value is -3.92. The number of fused-ring (bicyclic) bond motifs is 1. The van der Waals surface area contributed by atoms with Gasteiger partial charge in [-0.2, -0.15) is 10.2 Å². The summed E-state index contributed by atoms with van der Waals surface area (Å²) in [4.78, 5) is 30.0. The maximum atomic E-state index is 13.2. The molecular formula is C23H22N4O3. The summed E-state index contributed by atoms with van der Waals surface area (Å²) >= 11 is 0. The first-order valence-electron chi connectivity index (χ1n) is 9.53. The molecule has 2 aromatic heterocycles. The quantitative estimate of drug-likeness (QED) is 0.521. The summed E-state index contributed by atoms with van der Waals surface area (Å²) < 4.78 is 7.42. The van der Waals surface area contributed by atoms with Crippen molar-refractivity contribution in [3.8, 4) is 17.7 Å². The third kappa shape index (κ3) is 3.94. The number of ether oxygens (including phenoxy) is 1. The third-order valence-corrected chi connectivity index (χ3v) is 4.80. The molecule has 0 radical (unpaired) electrons. The minimum atomic E-state index is -0.563. The molecule has 1 amide bonds. The predicted octanol–water partition coefficient (Wildman–Crippen LogP) is 3.46. The van der Waals surface area contributed by atoms with Crippen molar-refractivity contribution in [2.75, 3.05) is 6.54 Å². The third-order valence-electron chi connectivity index (χ3n) is 4.80. The molecule has 3 aromatic rings. The van der Waals surface area contributed by atoms with E-state index >= 15 is 0 Å². The van der Waals surface area contributed by atoms with Crippen molar-refractivity contribution in [1.29, 1.82) is 5.26 Å². The van der Waals surface area contributed by atoms with Crippen LogP contribution in [0.5, 0.6) is 11.6 Å². The zero-order valence-electron chi connectivity index (χ0n) is 17.3. The van der Waals surface area contributed by atoms with Crippen LogP contribution >= 0.6 is 0 Å². The van der Waals surface area contributed by atoms with E-state index in [9.17, 15) is 14.9 Å². The Kier molecular flexibility index (Phi) is 5.98. The van der Waals surface area contributed by atoms with Crippen LogP contribution in [0.3, 0.4) is 0 Å². The summed E-state index contributed by atoms with van der Waals surface area (Å²) in [7, 11) is 0. The van der Waals surface area contributed by atoms with Gasteiger partial charge in [0.2, 0.25) is 5.88 Å². The monoisotopic (exact) mass is 402 g/mol. The first-order valence-corrected chi connectivity index (χ1v) is 9.53. The number of nitriles is 1. The van der Waals surface area contributed by atoms with E-state index in [4.69, 9.17) is 4.74 Å². The van der Waals surface area contributed by atoms with Gasteiger partial charge in [-0.15, -0.1) is 0 Å². The topological polar surface area (TPSA) is 96.5 Å². The molecule has 1 N–H and O–H groups in total. The molecule has 0 aliphatic heterocycles. The molecule has 0 saturated heterocycles. The highest BCUT2D eigenvalue weighted by Gasteiger charge is 2.18. The Morgan fingerprint density at radius 3 is 2.67 bits per heavy atom. The van der Waals surface area contributed by atoms with E-state index in [1.165, 1.54) is 10.5 Å². The number of pyridine rings is 1.